The van der Waals surface area contributed by atoms with E-state index in [-0.39, 0.29) is 16.4 Å². The fourth-order valence-electron chi connectivity index (χ4n) is 2.76. The van der Waals surface area contributed by atoms with E-state index in [1.165, 1.54) is 12.1 Å². The molecule has 1 atom stereocenters. The lowest BCUT2D eigenvalue weighted by molar-refractivity contribution is 0.495. The summed E-state index contributed by atoms with van der Waals surface area (Å²) in [5.74, 6) is 1.08. The lowest BCUT2D eigenvalue weighted by Gasteiger charge is -2.11. The zero-order valence-electron chi connectivity index (χ0n) is 13.3. The number of hydrogen-bond acceptors (Lipinski definition) is 6. The lowest BCUT2D eigenvalue weighted by Crippen LogP contribution is -2.35. The van der Waals surface area contributed by atoms with E-state index in [4.69, 9.17) is 4.42 Å². The Hall–Kier alpha value is -1.71. The van der Waals surface area contributed by atoms with Gasteiger partial charge in [0.2, 0.25) is 10.0 Å². The van der Waals surface area contributed by atoms with E-state index < -0.39 is 25.9 Å². The Bertz CT molecular complexity index is 960. The molecule has 1 saturated heterocycles. The van der Waals surface area contributed by atoms with Crippen LogP contribution >= 0.6 is 0 Å². The van der Waals surface area contributed by atoms with Crippen LogP contribution in [0.5, 0.6) is 0 Å². The highest BCUT2D eigenvalue weighted by atomic mass is 32.2. The van der Waals surface area contributed by atoms with E-state index in [0.717, 1.165) is 5.56 Å². The average Bonchev–Trinajstić information content (AvgIpc) is 3.00. The third kappa shape index (κ3) is 3.52. The Morgan fingerprint density at radius 3 is 2.38 bits per heavy atom. The third-order valence-electron chi connectivity index (χ3n) is 3.90. The van der Waals surface area contributed by atoms with E-state index in [2.05, 4.69) is 9.71 Å². The van der Waals surface area contributed by atoms with E-state index >= 15 is 0 Å². The van der Waals surface area contributed by atoms with Crippen LogP contribution < -0.4 is 4.72 Å². The van der Waals surface area contributed by atoms with Gasteiger partial charge >= 0.3 is 0 Å². The monoisotopic (exact) mass is 370 g/mol. The summed E-state index contributed by atoms with van der Waals surface area (Å²) in [7, 11) is -6.90. The first-order chi connectivity index (χ1) is 11.2. The molecule has 24 heavy (non-hydrogen) atoms. The van der Waals surface area contributed by atoms with Crippen LogP contribution in [0.15, 0.2) is 33.6 Å². The summed E-state index contributed by atoms with van der Waals surface area (Å²) in [6, 6.07) is 5.70. The number of benzene rings is 1. The Balaban J connectivity index is 1.81. The summed E-state index contributed by atoms with van der Waals surface area (Å²) in [5.41, 5.74) is 1.43. The van der Waals surface area contributed by atoms with Gasteiger partial charge in [0.05, 0.1) is 16.4 Å². The fourth-order valence-corrected chi connectivity index (χ4v) is 5.81. The van der Waals surface area contributed by atoms with Crippen molar-refractivity contribution in [1.82, 2.24) is 9.71 Å². The molecule has 0 saturated carbocycles. The van der Waals surface area contributed by atoms with Crippen molar-refractivity contribution in [3.8, 4) is 11.3 Å². The fraction of sp³-hybridized carbons (Fsp3) is 0.400. The maximum Gasteiger partial charge on any atom is 0.240 e. The number of aryl methyl sites for hydroxylation is 2. The molecule has 1 N–H and O–H groups in total. The number of hydrogen-bond donors (Lipinski definition) is 1. The number of oxazole rings is 1. The van der Waals surface area contributed by atoms with Crippen molar-refractivity contribution in [2.24, 2.45) is 0 Å². The van der Waals surface area contributed by atoms with Gasteiger partial charge in [0.25, 0.3) is 0 Å². The topological polar surface area (TPSA) is 106 Å². The predicted molar refractivity (Wildman–Crippen MR) is 88.8 cm³/mol. The van der Waals surface area contributed by atoms with Gasteiger partial charge < -0.3 is 4.42 Å². The first-order valence-corrected chi connectivity index (χ1v) is 10.7. The molecule has 1 aromatic heterocycles. The van der Waals surface area contributed by atoms with E-state index in [1.807, 2.05) is 0 Å². The van der Waals surface area contributed by atoms with Gasteiger partial charge in [0.1, 0.15) is 11.5 Å². The average molecular weight is 370 g/mol. The minimum Gasteiger partial charge on any atom is -0.446 e. The highest BCUT2D eigenvalue weighted by molar-refractivity contribution is 7.92. The summed E-state index contributed by atoms with van der Waals surface area (Å²) in [4.78, 5) is 4.36. The number of nitrogens with zero attached hydrogens (tertiary/aromatic N) is 1. The van der Waals surface area contributed by atoms with Gasteiger partial charge in [-0.05, 0) is 25.5 Å². The highest BCUT2D eigenvalue weighted by Gasteiger charge is 2.31. The molecule has 1 aromatic carbocycles. The summed E-state index contributed by atoms with van der Waals surface area (Å²) in [6.45, 7) is 3.54. The maximum absolute atomic E-state index is 12.4. The quantitative estimate of drug-likeness (QED) is 0.872. The number of nitrogens with one attached hydrogen (secondary N) is 1. The SMILES string of the molecule is Cc1nc(-c2ccc(S(=O)(=O)NC3CCS(=O)(=O)C3)cc2)c(C)o1. The number of sulfone groups is 1. The number of sulfonamides is 1. The highest BCUT2D eigenvalue weighted by Crippen LogP contribution is 2.25. The minimum atomic E-state index is -3.76. The van der Waals surface area contributed by atoms with Crippen LogP contribution in [0.2, 0.25) is 0 Å². The zero-order valence-corrected chi connectivity index (χ0v) is 14.9. The second-order valence-corrected chi connectivity index (χ2v) is 9.83. The molecule has 1 aliphatic heterocycles. The second kappa shape index (κ2) is 5.98. The largest absolute Gasteiger partial charge is 0.446 e. The minimum absolute atomic E-state index is 0.0178. The molecule has 1 unspecified atom stereocenters. The summed E-state index contributed by atoms with van der Waals surface area (Å²) in [5, 5.41) is 0. The predicted octanol–water partition coefficient (Wildman–Crippen LogP) is 1.42. The van der Waals surface area contributed by atoms with Gasteiger partial charge in [0.15, 0.2) is 15.7 Å². The van der Waals surface area contributed by atoms with Crippen LogP contribution in [0.4, 0.5) is 0 Å². The molecule has 0 radical (unpaired) electrons. The number of rotatable bonds is 4. The Morgan fingerprint density at radius 2 is 1.88 bits per heavy atom. The Kier molecular flexibility index (Phi) is 4.27. The van der Waals surface area contributed by atoms with Crippen molar-refractivity contribution < 1.29 is 21.3 Å². The molecule has 0 amide bonds. The van der Waals surface area contributed by atoms with Gasteiger partial charge in [0, 0.05) is 18.5 Å². The molecule has 3 rings (SSSR count). The molecule has 130 valence electrons. The molecule has 9 heteroatoms. The van der Waals surface area contributed by atoms with Gasteiger partial charge in [-0.2, -0.15) is 0 Å². The molecule has 1 fully saturated rings. The summed E-state index contributed by atoms with van der Waals surface area (Å²) in [6.07, 6.45) is 0.303. The van der Waals surface area contributed by atoms with Gasteiger partial charge in [-0.3, -0.25) is 0 Å². The van der Waals surface area contributed by atoms with E-state index in [1.54, 1.807) is 26.0 Å². The molecule has 7 nitrogen and oxygen atoms in total. The van der Waals surface area contributed by atoms with Crippen molar-refractivity contribution in [2.45, 2.75) is 31.2 Å². The first kappa shape index (κ1) is 17.1. The first-order valence-electron chi connectivity index (χ1n) is 7.43. The van der Waals surface area contributed by atoms with Gasteiger partial charge in [-0.1, -0.05) is 12.1 Å². The van der Waals surface area contributed by atoms with Crippen LogP contribution in [0.3, 0.4) is 0 Å². The molecule has 0 spiro atoms. The standard InChI is InChI=1S/C15H18N2O5S2/c1-10-15(16-11(2)22-10)12-3-5-14(6-4-12)24(20,21)17-13-7-8-23(18,19)9-13/h3-6,13,17H,7-9H2,1-2H3. The van der Waals surface area contributed by atoms with E-state index in [9.17, 15) is 16.8 Å². The van der Waals surface area contributed by atoms with Crippen LogP contribution in [0, 0.1) is 13.8 Å². The van der Waals surface area contributed by atoms with Crippen LogP contribution in [0.25, 0.3) is 11.3 Å². The molecule has 2 heterocycles. The van der Waals surface area contributed by atoms with Crippen LogP contribution in [-0.2, 0) is 19.9 Å². The lowest BCUT2D eigenvalue weighted by atomic mass is 10.1. The van der Waals surface area contributed by atoms with Crippen LogP contribution in [0.1, 0.15) is 18.1 Å². The van der Waals surface area contributed by atoms with Gasteiger partial charge in [-0.25, -0.2) is 26.5 Å². The smallest absolute Gasteiger partial charge is 0.240 e. The van der Waals surface area contributed by atoms with Crippen molar-refractivity contribution in [2.75, 3.05) is 11.5 Å². The summed E-state index contributed by atoms with van der Waals surface area (Å²) < 4.78 is 55.5. The maximum atomic E-state index is 12.4. The molecule has 0 bridgehead atoms. The Labute approximate surface area is 141 Å². The number of aromatic nitrogens is 1. The Morgan fingerprint density at radius 1 is 1.21 bits per heavy atom. The van der Waals surface area contributed by atoms with Gasteiger partial charge in [-0.15, -0.1) is 0 Å². The molecule has 2 aromatic rings. The van der Waals surface area contributed by atoms with E-state index in [0.29, 0.717) is 23.8 Å². The summed E-state index contributed by atoms with van der Waals surface area (Å²) >= 11 is 0. The third-order valence-corrected chi connectivity index (χ3v) is 7.20. The normalized spacial score (nSPS) is 20.3. The van der Waals surface area contributed by atoms with Crippen molar-refractivity contribution in [3.05, 3.63) is 35.9 Å². The zero-order chi connectivity index (χ0) is 17.5. The van der Waals surface area contributed by atoms with Crippen molar-refractivity contribution >= 4 is 19.9 Å². The molecule has 1 aliphatic rings. The van der Waals surface area contributed by atoms with Crippen LogP contribution in [-0.4, -0.2) is 39.4 Å². The van der Waals surface area contributed by atoms with Crippen molar-refractivity contribution in [3.63, 3.8) is 0 Å². The molecular formula is C15H18N2O5S2. The molecular weight excluding hydrogens is 352 g/mol. The molecule has 0 aliphatic carbocycles. The van der Waals surface area contributed by atoms with Crippen molar-refractivity contribution in [1.29, 1.82) is 0 Å². The second-order valence-electron chi connectivity index (χ2n) is 5.88.